The van der Waals surface area contributed by atoms with Gasteiger partial charge in [-0.05, 0) is 24.2 Å². The average molecular weight is 202 g/mol. The Morgan fingerprint density at radius 1 is 1.53 bits per heavy atom. The van der Waals surface area contributed by atoms with Crippen LogP contribution in [0.25, 0.3) is 0 Å². The molecule has 0 aromatic heterocycles. The molecule has 15 heavy (non-hydrogen) atoms. The predicted molar refractivity (Wildman–Crippen MR) is 57.6 cm³/mol. The minimum absolute atomic E-state index is 0.466. The van der Waals surface area contributed by atoms with Gasteiger partial charge in [-0.2, -0.15) is 5.26 Å². The fourth-order valence-corrected chi connectivity index (χ4v) is 1.83. The highest BCUT2D eigenvalue weighted by atomic mass is 16.5. The van der Waals surface area contributed by atoms with E-state index in [1.807, 2.05) is 18.0 Å². The Balaban J connectivity index is 2.07. The van der Waals surface area contributed by atoms with Crippen molar-refractivity contribution in [2.75, 3.05) is 20.2 Å². The fraction of sp³-hybridized carbons (Fsp3) is 0.417. The van der Waals surface area contributed by atoms with Gasteiger partial charge in [0.2, 0.25) is 0 Å². The van der Waals surface area contributed by atoms with E-state index < -0.39 is 0 Å². The first-order chi connectivity index (χ1) is 7.29. The topological polar surface area (TPSA) is 36.3 Å². The van der Waals surface area contributed by atoms with Gasteiger partial charge < -0.3 is 4.74 Å². The second-order valence-corrected chi connectivity index (χ2v) is 3.87. The van der Waals surface area contributed by atoms with Crippen LogP contribution >= 0.6 is 0 Å². The Bertz CT molecular complexity index is 395. The van der Waals surface area contributed by atoms with Gasteiger partial charge in [0.05, 0.1) is 19.2 Å². The molecule has 1 aliphatic rings. The van der Waals surface area contributed by atoms with Crippen molar-refractivity contribution in [1.29, 1.82) is 5.26 Å². The first-order valence-corrected chi connectivity index (χ1v) is 5.09. The number of ether oxygens (including phenoxy) is 1. The molecule has 0 atom stereocenters. The highest BCUT2D eigenvalue weighted by molar-refractivity contribution is 5.39. The van der Waals surface area contributed by atoms with Crippen LogP contribution in [0, 0.1) is 11.3 Å². The zero-order valence-corrected chi connectivity index (χ0v) is 8.86. The average Bonchev–Trinajstić information content (AvgIpc) is 2.65. The van der Waals surface area contributed by atoms with Gasteiger partial charge in [-0.1, -0.05) is 12.1 Å². The monoisotopic (exact) mass is 202 g/mol. The standard InChI is InChI=1S/C12H14N2O/c1-14(6-5-13)9-10-2-3-12-11(8-10)4-7-15-12/h2-3,8H,4,6-7,9H2,1H3. The molecule has 0 N–H and O–H groups in total. The number of fused-ring (bicyclic) bond motifs is 1. The molecule has 78 valence electrons. The molecule has 1 heterocycles. The largest absolute Gasteiger partial charge is 0.493 e. The molecule has 0 bridgehead atoms. The van der Waals surface area contributed by atoms with Crippen molar-refractivity contribution in [3.05, 3.63) is 29.3 Å². The molecule has 1 aliphatic heterocycles. The summed E-state index contributed by atoms with van der Waals surface area (Å²) in [4.78, 5) is 2.00. The molecule has 0 aliphatic carbocycles. The first kappa shape index (κ1) is 10.0. The Labute approximate surface area is 89.9 Å². The van der Waals surface area contributed by atoms with Gasteiger partial charge in [0.1, 0.15) is 5.75 Å². The maximum absolute atomic E-state index is 8.56. The van der Waals surface area contributed by atoms with E-state index in [9.17, 15) is 0 Å². The molecule has 0 saturated carbocycles. The number of benzene rings is 1. The van der Waals surface area contributed by atoms with E-state index in [0.717, 1.165) is 25.3 Å². The van der Waals surface area contributed by atoms with E-state index >= 15 is 0 Å². The van der Waals surface area contributed by atoms with E-state index in [-0.39, 0.29) is 0 Å². The quantitative estimate of drug-likeness (QED) is 0.698. The smallest absolute Gasteiger partial charge is 0.122 e. The second kappa shape index (κ2) is 4.33. The highest BCUT2D eigenvalue weighted by Gasteiger charge is 2.12. The van der Waals surface area contributed by atoms with Crippen LogP contribution in [-0.2, 0) is 13.0 Å². The maximum Gasteiger partial charge on any atom is 0.122 e. The predicted octanol–water partition coefficient (Wildman–Crippen LogP) is 1.58. The molecule has 2 rings (SSSR count). The van der Waals surface area contributed by atoms with Gasteiger partial charge in [-0.15, -0.1) is 0 Å². The fourth-order valence-electron chi connectivity index (χ4n) is 1.83. The molecule has 0 saturated heterocycles. The summed E-state index contributed by atoms with van der Waals surface area (Å²) >= 11 is 0. The minimum Gasteiger partial charge on any atom is -0.493 e. The molecule has 3 nitrogen and oxygen atoms in total. The van der Waals surface area contributed by atoms with Crippen molar-refractivity contribution >= 4 is 0 Å². The van der Waals surface area contributed by atoms with E-state index in [1.54, 1.807) is 0 Å². The first-order valence-electron chi connectivity index (χ1n) is 5.09. The Morgan fingerprint density at radius 2 is 2.40 bits per heavy atom. The summed E-state index contributed by atoms with van der Waals surface area (Å²) in [7, 11) is 1.95. The normalized spacial score (nSPS) is 13.4. The number of hydrogen-bond acceptors (Lipinski definition) is 3. The minimum atomic E-state index is 0.466. The molecule has 1 aromatic carbocycles. The van der Waals surface area contributed by atoms with Crippen LogP contribution in [0.4, 0.5) is 0 Å². The number of nitrogens with zero attached hydrogens (tertiary/aromatic N) is 2. The van der Waals surface area contributed by atoms with Crippen LogP contribution in [0.15, 0.2) is 18.2 Å². The van der Waals surface area contributed by atoms with Crippen molar-refractivity contribution in [2.24, 2.45) is 0 Å². The third-order valence-corrected chi connectivity index (χ3v) is 2.55. The van der Waals surface area contributed by atoms with Crippen molar-refractivity contribution < 1.29 is 4.74 Å². The summed E-state index contributed by atoms with van der Waals surface area (Å²) in [6.07, 6.45) is 1.01. The molecule has 1 aromatic rings. The van der Waals surface area contributed by atoms with Crippen molar-refractivity contribution in [3.8, 4) is 11.8 Å². The molecular formula is C12H14N2O. The number of rotatable bonds is 3. The zero-order valence-electron chi connectivity index (χ0n) is 8.86. The van der Waals surface area contributed by atoms with E-state index in [4.69, 9.17) is 10.00 Å². The van der Waals surface area contributed by atoms with Crippen LogP contribution in [0.3, 0.4) is 0 Å². The van der Waals surface area contributed by atoms with Gasteiger partial charge in [0.15, 0.2) is 0 Å². The highest BCUT2D eigenvalue weighted by Crippen LogP contribution is 2.26. The summed E-state index contributed by atoms with van der Waals surface area (Å²) < 4.78 is 5.44. The van der Waals surface area contributed by atoms with E-state index in [1.165, 1.54) is 11.1 Å². The lowest BCUT2D eigenvalue weighted by Gasteiger charge is -2.12. The Hall–Kier alpha value is -1.53. The van der Waals surface area contributed by atoms with Crippen LogP contribution < -0.4 is 4.74 Å². The van der Waals surface area contributed by atoms with Crippen LogP contribution in [0.2, 0.25) is 0 Å². The zero-order chi connectivity index (χ0) is 10.7. The lowest BCUT2D eigenvalue weighted by Crippen LogP contribution is -2.17. The van der Waals surface area contributed by atoms with Crippen molar-refractivity contribution in [1.82, 2.24) is 4.90 Å². The molecule has 3 heteroatoms. The Morgan fingerprint density at radius 3 is 3.20 bits per heavy atom. The number of hydrogen-bond donors (Lipinski definition) is 0. The van der Waals surface area contributed by atoms with Gasteiger partial charge in [0.25, 0.3) is 0 Å². The molecule has 0 radical (unpaired) electrons. The Kier molecular flexibility index (Phi) is 2.89. The van der Waals surface area contributed by atoms with Crippen LogP contribution in [-0.4, -0.2) is 25.1 Å². The van der Waals surface area contributed by atoms with Gasteiger partial charge >= 0.3 is 0 Å². The summed E-state index contributed by atoms with van der Waals surface area (Å²) in [5, 5.41) is 8.56. The molecule has 0 spiro atoms. The molecule has 0 fully saturated rings. The SMILES string of the molecule is CN(CC#N)Cc1ccc2c(c1)CCO2. The molecule has 0 unspecified atom stereocenters. The summed E-state index contributed by atoms with van der Waals surface area (Å²) in [6.45, 7) is 2.08. The second-order valence-electron chi connectivity index (χ2n) is 3.87. The molecule has 0 amide bonds. The third-order valence-electron chi connectivity index (χ3n) is 2.55. The lowest BCUT2D eigenvalue weighted by atomic mass is 10.1. The summed E-state index contributed by atoms with van der Waals surface area (Å²) in [5.41, 5.74) is 2.54. The van der Waals surface area contributed by atoms with E-state index in [2.05, 4.69) is 18.2 Å². The van der Waals surface area contributed by atoms with Gasteiger partial charge in [0, 0.05) is 13.0 Å². The number of nitriles is 1. The van der Waals surface area contributed by atoms with Crippen molar-refractivity contribution in [2.45, 2.75) is 13.0 Å². The maximum atomic E-state index is 8.56. The van der Waals surface area contributed by atoms with Gasteiger partial charge in [-0.3, -0.25) is 4.90 Å². The van der Waals surface area contributed by atoms with Crippen LogP contribution in [0.1, 0.15) is 11.1 Å². The summed E-state index contributed by atoms with van der Waals surface area (Å²) in [6, 6.07) is 8.41. The van der Waals surface area contributed by atoms with Crippen LogP contribution in [0.5, 0.6) is 5.75 Å². The molecular weight excluding hydrogens is 188 g/mol. The van der Waals surface area contributed by atoms with Crippen molar-refractivity contribution in [3.63, 3.8) is 0 Å². The lowest BCUT2D eigenvalue weighted by molar-refractivity contribution is 0.356. The van der Waals surface area contributed by atoms with Gasteiger partial charge in [-0.25, -0.2) is 0 Å². The van der Waals surface area contributed by atoms with E-state index in [0.29, 0.717) is 6.54 Å². The third kappa shape index (κ3) is 2.28. The summed E-state index contributed by atoms with van der Waals surface area (Å²) in [5.74, 6) is 1.02.